The smallest absolute Gasteiger partial charge is 0.308 e. The lowest BCUT2D eigenvalue weighted by Crippen LogP contribution is -2.23. The van der Waals surface area contributed by atoms with Gasteiger partial charge in [-0.1, -0.05) is 36.4 Å². The minimum Gasteiger partial charge on any atom is -0.486 e. The molecule has 0 radical (unpaired) electrons. The van der Waals surface area contributed by atoms with Crippen LogP contribution in [0.1, 0.15) is 17.0 Å². The summed E-state index contributed by atoms with van der Waals surface area (Å²) < 4.78 is 11.2. The molecule has 2 aliphatic heterocycles. The SMILES string of the molecule is O=C(O)C1CN(Cc2ccccc2)CC1c1ccc2c(c1)OCCO2. The summed E-state index contributed by atoms with van der Waals surface area (Å²) in [6.45, 7) is 3.14. The number of benzene rings is 2. The first-order chi connectivity index (χ1) is 12.2. The molecule has 4 rings (SSSR count). The van der Waals surface area contributed by atoms with Gasteiger partial charge in [0.05, 0.1) is 5.92 Å². The first-order valence-electron chi connectivity index (χ1n) is 8.59. The Hall–Kier alpha value is -2.53. The summed E-state index contributed by atoms with van der Waals surface area (Å²) in [4.78, 5) is 14.0. The summed E-state index contributed by atoms with van der Waals surface area (Å²) in [6.07, 6.45) is 0. The van der Waals surface area contributed by atoms with Crippen molar-refractivity contribution in [1.29, 1.82) is 0 Å². The van der Waals surface area contributed by atoms with Crippen LogP contribution in [-0.2, 0) is 11.3 Å². The minimum absolute atomic E-state index is 0.0444. The fourth-order valence-electron chi connectivity index (χ4n) is 3.73. The van der Waals surface area contributed by atoms with Crippen molar-refractivity contribution in [3.8, 4) is 11.5 Å². The maximum Gasteiger partial charge on any atom is 0.308 e. The van der Waals surface area contributed by atoms with Gasteiger partial charge in [-0.3, -0.25) is 9.69 Å². The molecule has 0 aromatic heterocycles. The number of carboxylic acid groups (broad SMARTS) is 1. The first-order valence-corrected chi connectivity index (χ1v) is 8.59. The molecule has 0 spiro atoms. The summed E-state index contributed by atoms with van der Waals surface area (Å²) in [6, 6.07) is 16.0. The van der Waals surface area contributed by atoms with Crippen LogP contribution in [0, 0.1) is 5.92 Å². The van der Waals surface area contributed by atoms with Crippen LogP contribution in [0.15, 0.2) is 48.5 Å². The van der Waals surface area contributed by atoms with E-state index >= 15 is 0 Å². The Morgan fingerprint density at radius 1 is 1.04 bits per heavy atom. The molecule has 5 nitrogen and oxygen atoms in total. The van der Waals surface area contributed by atoms with Crippen LogP contribution < -0.4 is 9.47 Å². The van der Waals surface area contributed by atoms with Crippen LogP contribution in [0.5, 0.6) is 11.5 Å². The highest BCUT2D eigenvalue weighted by Gasteiger charge is 2.38. The minimum atomic E-state index is -0.740. The number of fused-ring (bicyclic) bond motifs is 1. The van der Waals surface area contributed by atoms with E-state index in [-0.39, 0.29) is 5.92 Å². The Morgan fingerprint density at radius 3 is 2.56 bits per heavy atom. The molecule has 0 amide bonds. The summed E-state index contributed by atoms with van der Waals surface area (Å²) in [5.74, 6) is 0.258. The molecular formula is C20H21NO4. The fraction of sp³-hybridized carbons (Fsp3) is 0.350. The number of aliphatic carboxylic acids is 1. The quantitative estimate of drug-likeness (QED) is 0.928. The van der Waals surface area contributed by atoms with Gasteiger partial charge in [-0.2, -0.15) is 0 Å². The van der Waals surface area contributed by atoms with Crippen molar-refractivity contribution in [2.75, 3.05) is 26.3 Å². The maximum absolute atomic E-state index is 11.8. The molecule has 5 heteroatoms. The van der Waals surface area contributed by atoms with E-state index in [0.717, 1.165) is 30.2 Å². The van der Waals surface area contributed by atoms with Crippen LogP contribution in [-0.4, -0.2) is 42.3 Å². The zero-order valence-electron chi connectivity index (χ0n) is 13.9. The van der Waals surface area contributed by atoms with Gasteiger partial charge >= 0.3 is 5.97 Å². The molecule has 25 heavy (non-hydrogen) atoms. The third-order valence-corrected chi connectivity index (χ3v) is 4.96. The lowest BCUT2D eigenvalue weighted by Gasteiger charge is -2.21. The maximum atomic E-state index is 11.8. The zero-order valence-corrected chi connectivity index (χ0v) is 13.9. The third-order valence-electron chi connectivity index (χ3n) is 4.96. The Labute approximate surface area is 146 Å². The van der Waals surface area contributed by atoms with Crippen molar-refractivity contribution >= 4 is 5.97 Å². The predicted molar refractivity (Wildman–Crippen MR) is 93.0 cm³/mol. The number of carbonyl (C=O) groups is 1. The number of likely N-dealkylation sites (tertiary alicyclic amines) is 1. The van der Waals surface area contributed by atoms with Gasteiger partial charge in [0.2, 0.25) is 0 Å². The number of rotatable bonds is 4. The van der Waals surface area contributed by atoms with Crippen molar-refractivity contribution < 1.29 is 19.4 Å². The summed E-state index contributed by atoms with van der Waals surface area (Å²) >= 11 is 0. The van der Waals surface area contributed by atoms with E-state index in [1.54, 1.807) is 0 Å². The monoisotopic (exact) mass is 339 g/mol. The molecule has 0 aliphatic carbocycles. The second kappa shape index (κ2) is 6.76. The molecule has 1 saturated heterocycles. The molecule has 2 aromatic rings. The predicted octanol–water partition coefficient (Wildman–Crippen LogP) is 2.76. The highest BCUT2D eigenvalue weighted by molar-refractivity contribution is 5.72. The Balaban J connectivity index is 1.56. The Bertz CT molecular complexity index is 762. The molecule has 2 unspecified atom stereocenters. The van der Waals surface area contributed by atoms with Crippen LogP contribution in [0.2, 0.25) is 0 Å². The van der Waals surface area contributed by atoms with Gasteiger partial charge in [0.1, 0.15) is 13.2 Å². The molecule has 2 heterocycles. The van der Waals surface area contributed by atoms with E-state index in [4.69, 9.17) is 9.47 Å². The number of carboxylic acids is 1. The largest absolute Gasteiger partial charge is 0.486 e. The number of hydrogen-bond donors (Lipinski definition) is 1. The summed E-state index contributed by atoms with van der Waals surface area (Å²) in [7, 11) is 0. The van der Waals surface area contributed by atoms with Crippen LogP contribution in [0.3, 0.4) is 0 Å². The average molecular weight is 339 g/mol. The van der Waals surface area contributed by atoms with Gasteiger partial charge in [0, 0.05) is 25.6 Å². The van der Waals surface area contributed by atoms with Crippen molar-refractivity contribution in [3.05, 3.63) is 59.7 Å². The topological polar surface area (TPSA) is 59.0 Å². The standard InChI is InChI=1S/C20H21NO4/c22-20(23)17-13-21(11-14-4-2-1-3-5-14)12-16(17)15-6-7-18-19(10-15)25-9-8-24-18/h1-7,10,16-17H,8-9,11-13H2,(H,22,23). The molecule has 2 atom stereocenters. The second-order valence-corrected chi connectivity index (χ2v) is 6.63. The highest BCUT2D eigenvalue weighted by atomic mass is 16.6. The van der Waals surface area contributed by atoms with Crippen molar-refractivity contribution in [3.63, 3.8) is 0 Å². The first kappa shape index (κ1) is 16.0. The van der Waals surface area contributed by atoms with E-state index in [9.17, 15) is 9.90 Å². The van der Waals surface area contributed by atoms with Gasteiger partial charge < -0.3 is 14.6 Å². The Morgan fingerprint density at radius 2 is 1.80 bits per heavy atom. The molecular weight excluding hydrogens is 318 g/mol. The van der Waals surface area contributed by atoms with Gasteiger partial charge in [0.15, 0.2) is 11.5 Å². The summed E-state index contributed by atoms with van der Waals surface area (Å²) in [5, 5.41) is 9.68. The lowest BCUT2D eigenvalue weighted by atomic mass is 9.89. The number of ether oxygens (including phenoxy) is 2. The van der Waals surface area contributed by atoms with Gasteiger partial charge in [0.25, 0.3) is 0 Å². The molecule has 2 aliphatic rings. The third kappa shape index (κ3) is 3.33. The molecule has 1 N–H and O–H groups in total. The molecule has 0 saturated carbocycles. The van der Waals surface area contributed by atoms with E-state index in [1.807, 2.05) is 36.4 Å². The van der Waals surface area contributed by atoms with Crippen LogP contribution >= 0.6 is 0 Å². The van der Waals surface area contributed by atoms with E-state index in [2.05, 4.69) is 17.0 Å². The summed E-state index contributed by atoms with van der Waals surface area (Å²) in [5.41, 5.74) is 2.21. The normalized spacial score (nSPS) is 22.7. The van der Waals surface area contributed by atoms with Crippen molar-refractivity contribution in [1.82, 2.24) is 4.90 Å². The van der Waals surface area contributed by atoms with Crippen LogP contribution in [0.25, 0.3) is 0 Å². The zero-order chi connectivity index (χ0) is 17.2. The lowest BCUT2D eigenvalue weighted by molar-refractivity contribution is -0.141. The average Bonchev–Trinajstić information content (AvgIpc) is 3.06. The van der Waals surface area contributed by atoms with Crippen molar-refractivity contribution in [2.24, 2.45) is 5.92 Å². The Kier molecular flexibility index (Phi) is 4.32. The van der Waals surface area contributed by atoms with Gasteiger partial charge in [-0.05, 0) is 23.3 Å². The molecule has 2 aromatic carbocycles. The van der Waals surface area contributed by atoms with E-state index in [0.29, 0.717) is 19.8 Å². The molecule has 0 bridgehead atoms. The van der Waals surface area contributed by atoms with E-state index < -0.39 is 11.9 Å². The molecule has 130 valence electrons. The number of nitrogens with zero attached hydrogens (tertiary/aromatic N) is 1. The van der Waals surface area contributed by atoms with E-state index in [1.165, 1.54) is 5.56 Å². The van der Waals surface area contributed by atoms with Crippen LogP contribution in [0.4, 0.5) is 0 Å². The second-order valence-electron chi connectivity index (χ2n) is 6.63. The van der Waals surface area contributed by atoms with Gasteiger partial charge in [-0.15, -0.1) is 0 Å². The molecule has 1 fully saturated rings. The van der Waals surface area contributed by atoms with Gasteiger partial charge in [-0.25, -0.2) is 0 Å². The highest BCUT2D eigenvalue weighted by Crippen LogP contribution is 2.38. The number of hydrogen-bond acceptors (Lipinski definition) is 4. The fourth-order valence-corrected chi connectivity index (χ4v) is 3.73. The van der Waals surface area contributed by atoms with Crippen molar-refractivity contribution in [2.45, 2.75) is 12.5 Å².